The maximum atomic E-state index is 13.3. The number of benzene rings is 2. The van der Waals surface area contributed by atoms with Crippen molar-refractivity contribution in [2.45, 2.75) is 6.42 Å². The SMILES string of the molecule is O=C(O)c1cc(CCNc2ccc(F)c(Cl)c2)c2oc(N3CCOCC3)cc(=O)c2c1. The number of hydrogen-bond donors (Lipinski definition) is 2. The lowest BCUT2D eigenvalue weighted by Gasteiger charge is -2.27. The van der Waals surface area contributed by atoms with E-state index in [9.17, 15) is 19.1 Å². The van der Waals surface area contributed by atoms with Crippen LogP contribution in [0.15, 0.2) is 45.6 Å². The Morgan fingerprint density at radius 3 is 2.68 bits per heavy atom. The molecule has 1 aliphatic heterocycles. The van der Waals surface area contributed by atoms with Crippen molar-refractivity contribution in [3.8, 4) is 0 Å². The maximum Gasteiger partial charge on any atom is 0.335 e. The number of aromatic carboxylic acids is 1. The lowest BCUT2D eigenvalue weighted by atomic mass is 10.0. The van der Waals surface area contributed by atoms with Gasteiger partial charge in [0.2, 0.25) is 0 Å². The first-order chi connectivity index (χ1) is 14.9. The highest BCUT2D eigenvalue weighted by Crippen LogP contribution is 2.26. The zero-order valence-electron chi connectivity index (χ0n) is 16.5. The van der Waals surface area contributed by atoms with E-state index in [4.69, 9.17) is 20.8 Å². The van der Waals surface area contributed by atoms with Gasteiger partial charge in [0.1, 0.15) is 11.4 Å². The molecule has 4 rings (SSSR count). The number of halogens is 2. The van der Waals surface area contributed by atoms with Gasteiger partial charge in [-0.05, 0) is 42.3 Å². The molecule has 2 N–H and O–H groups in total. The van der Waals surface area contributed by atoms with Crippen LogP contribution in [0.1, 0.15) is 15.9 Å². The summed E-state index contributed by atoms with van der Waals surface area (Å²) in [6.45, 7) is 2.67. The number of carbonyl (C=O) groups is 1. The average Bonchev–Trinajstić information content (AvgIpc) is 2.76. The smallest absolute Gasteiger partial charge is 0.335 e. The topological polar surface area (TPSA) is 92.0 Å². The van der Waals surface area contributed by atoms with Crippen LogP contribution in [0.5, 0.6) is 0 Å². The van der Waals surface area contributed by atoms with Crippen LogP contribution in [0, 0.1) is 5.82 Å². The fraction of sp³-hybridized carbons (Fsp3) is 0.273. The van der Waals surface area contributed by atoms with E-state index >= 15 is 0 Å². The number of ether oxygens (including phenoxy) is 1. The molecule has 0 amide bonds. The lowest BCUT2D eigenvalue weighted by Crippen LogP contribution is -2.36. The quantitative estimate of drug-likeness (QED) is 0.595. The van der Waals surface area contributed by atoms with Gasteiger partial charge in [0.05, 0.1) is 29.2 Å². The predicted molar refractivity (Wildman–Crippen MR) is 116 cm³/mol. The highest BCUT2D eigenvalue weighted by atomic mass is 35.5. The molecule has 0 atom stereocenters. The molecule has 0 spiro atoms. The Hall–Kier alpha value is -3.10. The van der Waals surface area contributed by atoms with Gasteiger partial charge in [-0.25, -0.2) is 9.18 Å². The number of anilines is 2. The molecule has 1 aliphatic rings. The fourth-order valence-electron chi connectivity index (χ4n) is 3.51. The maximum absolute atomic E-state index is 13.3. The first-order valence-corrected chi connectivity index (χ1v) is 10.2. The molecule has 0 saturated carbocycles. The molecule has 0 aliphatic carbocycles. The Bertz CT molecular complexity index is 1190. The summed E-state index contributed by atoms with van der Waals surface area (Å²) < 4.78 is 24.8. The largest absolute Gasteiger partial charge is 0.478 e. The van der Waals surface area contributed by atoms with Gasteiger partial charge in [-0.3, -0.25) is 4.79 Å². The summed E-state index contributed by atoms with van der Waals surface area (Å²) in [5.41, 5.74) is 1.28. The lowest BCUT2D eigenvalue weighted by molar-refractivity contribution is 0.0697. The number of carboxylic acids is 1. The van der Waals surface area contributed by atoms with Crippen LogP contribution in [0.3, 0.4) is 0 Å². The number of hydrogen-bond acceptors (Lipinski definition) is 6. The molecule has 2 aromatic carbocycles. The van der Waals surface area contributed by atoms with Crippen molar-refractivity contribution in [1.82, 2.24) is 0 Å². The molecular formula is C22H20ClFN2O5. The van der Waals surface area contributed by atoms with Crippen molar-refractivity contribution in [3.63, 3.8) is 0 Å². The first-order valence-electron chi connectivity index (χ1n) is 9.78. The van der Waals surface area contributed by atoms with Crippen LogP contribution in [0.25, 0.3) is 11.0 Å². The standard InChI is InChI=1S/C22H20ClFN2O5/c23-17-11-15(1-2-18(17)24)25-4-3-13-9-14(22(28)29)10-16-19(27)12-20(31-21(13)16)26-5-7-30-8-6-26/h1-2,9-12,25H,3-8H2,(H,28,29). The van der Waals surface area contributed by atoms with Gasteiger partial charge in [-0.15, -0.1) is 0 Å². The second-order valence-corrected chi connectivity index (χ2v) is 7.58. The van der Waals surface area contributed by atoms with Gasteiger partial charge in [-0.1, -0.05) is 11.6 Å². The molecular weight excluding hydrogens is 427 g/mol. The minimum atomic E-state index is -1.13. The summed E-state index contributed by atoms with van der Waals surface area (Å²) in [6, 6.07) is 8.53. The Labute approximate surface area is 182 Å². The second-order valence-electron chi connectivity index (χ2n) is 7.17. The van der Waals surface area contributed by atoms with E-state index in [2.05, 4.69) is 5.32 Å². The monoisotopic (exact) mass is 446 g/mol. The summed E-state index contributed by atoms with van der Waals surface area (Å²) in [6.07, 6.45) is 0.377. The summed E-state index contributed by atoms with van der Waals surface area (Å²) in [5, 5.41) is 12.8. The second kappa shape index (κ2) is 8.95. The van der Waals surface area contributed by atoms with Crippen LogP contribution in [-0.2, 0) is 11.2 Å². The molecule has 162 valence electrons. The molecule has 2 heterocycles. The van der Waals surface area contributed by atoms with Crippen molar-refractivity contribution in [2.75, 3.05) is 43.1 Å². The molecule has 1 fully saturated rings. The molecule has 7 nitrogen and oxygen atoms in total. The number of nitrogens with zero attached hydrogens (tertiary/aromatic N) is 1. The fourth-order valence-corrected chi connectivity index (χ4v) is 3.69. The Kier molecular flexibility index (Phi) is 6.11. The van der Waals surface area contributed by atoms with E-state index in [-0.39, 0.29) is 21.4 Å². The average molecular weight is 447 g/mol. The van der Waals surface area contributed by atoms with Gasteiger partial charge in [0, 0.05) is 31.4 Å². The number of nitrogens with one attached hydrogen (secondary N) is 1. The van der Waals surface area contributed by atoms with Gasteiger partial charge in [0.25, 0.3) is 0 Å². The summed E-state index contributed by atoms with van der Waals surface area (Å²) >= 11 is 5.81. The Morgan fingerprint density at radius 1 is 1.19 bits per heavy atom. The van der Waals surface area contributed by atoms with Crippen molar-refractivity contribution in [3.05, 3.63) is 68.6 Å². The normalized spacial score (nSPS) is 14.1. The van der Waals surface area contributed by atoms with Crippen LogP contribution in [-0.4, -0.2) is 43.9 Å². The zero-order valence-corrected chi connectivity index (χ0v) is 17.2. The van der Waals surface area contributed by atoms with E-state index in [1.54, 1.807) is 6.07 Å². The first kappa shape index (κ1) is 21.1. The van der Waals surface area contributed by atoms with E-state index < -0.39 is 11.8 Å². The predicted octanol–water partition coefficient (Wildman–Crippen LogP) is 3.77. The third-order valence-electron chi connectivity index (χ3n) is 5.11. The minimum Gasteiger partial charge on any atom is -0.478 e. The van der Waals surface area contributed by atoms with Crippen LogP contribution in [0.2, 0.25) is 5.02 Å². The number of rotatable bonds is 6. The third-order valence-corrected chi connectivity index (χ3v) is 5.39. The van der Waals surface area contributed by atoms with Crippen molar-refractivity contribution >= 4 is 40.1 Å². The minimum absolute atomic E-state index is 0.00414. The van der Waals surface area contributed by atoms with Crippen molar-refractivity contribution in [1.29, 1.82) is 0 Å². The van der Waals surface area contributed by atoms with E-state index in [0.29, 0.717) is 62.0 Å². The van der Waals surface area contributed by atoms with Crippen LogP contribution >= 0.6 is 11.6 Å². The van der Waals surface area contributed by atoms with Gasteiger partial charge in [-0.2, -0.15) is 0 Å². The summed E-state index contributed by atoms with van der Waals surface area (Å²) in [5.74, 6) is -1.20. The molecule has 9 heteroatoms. The van der Waals surface area contributed by atoms with E-state index in [0.717, 1.165) is 0 Å². The molecule has 1 aromatic heterocycles. The zero-order chi connectivity index (χ0) is 22.0. The highest BCUT2D eigenvalue weighted by Gasteiger charge is 2.19. The Balaban J connectivity index is 1.67. The van der Waals surface area contributed by atoms with Crippen LogP contribution < -0.4 is 15.6 Å². The number of morpholine rings is 1. The number of fused-ring (bicyclic) bond motifs is 1. The summed E-state index contributed by atoms with van der Waals surface area (Å²) in [4.78, 5) is 26.3. The van der Waals surface area contributed by atoms with Gasteiger partial charge < -0.3 is 24.5 Å². The van der Waals surface area contributed by atoms with Gasteiger partial charge in [0.15, 0.2) is 11.3 Å². The molecule has 0 bridgehead atoms. The summed E-state index contributed by atoms with van der Waals surface area (Å²) in [7, 11) is 0. The van der Waals surface area contributed by atoms with E-state index in [1.807, 2.05) is 4.90 Å². The molecule has 0 radical (unpaired) electrons. The van der Waals surface area contributed by atoms with Gasteiger partial charge >= 0.3 is 5.97 Å². The third kappa shape index (κ3) is 4.65. The van der Waals surface area contributed by atoms with E-state index in [1.165, 1.54) is 30.3 Å². The van der Waals surface area contributed by atoms with Crippen LogP contribution in [0.4, 0.5) is 16.0 Å². The molecule has 31 heavy (non-hydrogen) atoms. The molecule has 3 aromatic rings. The van der Waals surface area contributed by atoms with Crippen molar-refractivity contribution in [2.24, 2.45) is 0 Å². The Morgan fingerprint density at radius 2 is 1.97 bits per heavy atom. The highest BCUT2D eigenvalue weighted by molar-refractivity contribution is 6.31. The molecule has 1 saturated heterocycles. The number of carboxylic acid groups (broad SMARTS) is 1. The molecule has 0 unspecified atom stereocenters. The van der Waals surface area contributed by atoms with Crippen molar-refractivity contribution < 1.29 is 23.4 Å².